The van der Waals surface area contributed by atoms with E-state index in [4.69, 9.17) is 5.73 Å². The van der Waals surface area contributed by atoms with E-state index in [-0.39, 0.29) is 0 Å². The number of nitrogens with two attached hydrogens (primary N) is 1. The van der Waals surface area contributed by atoms with Gasteiger partial charge in [0.2, 0.25) is 0 Å². The van der Waals surface area contributed by atoms with E-state index in [9.17, 15) is 0 Å². The number of anilines is 1. The lowest BCUT2D eigenvalue weighted by molar-refractivity contribution is 1.35. The lowest BCUT2D eigenvalue weighted by atomic mass is 10.3. The fourth-order valence-electron chi connectivity index (χ4n) is 1.09. The number of rotatable bonds is 0. The molecule has 2 N–H and O–H groups in total. The number of nitrogens with zero attached hydrogens (tertiary/aromatic N) is 1. The summed E-state index contributed by atoms with van der Waals surface area (Å²) in [6, 6.07) is 3.81. The molecule has 0 fully saturated rings. The summed E-state index contributed by atoms with van der Waals surface area (Å²) < 4.78 is 2.10. The van der Waals surface area contributed by atoms with E-state index in [1.54, 1.807) is 11.3 Å². The second-order valence-corrected chi connectivity index (χ2v) is 4.55. The molecule has 0 atom stereocenters. The molecule has 62 valence electrons. The van der Waals surface area contributed by atoms with Crippen molar-refractivity contribution in [3.05, 3.63) is 21.6 Å². The van der Waals surface area contributed by atoms with Crippen molar-refractivity contribution in [3.63, 3.8) is 0 Å². The normalized spacial score (nSPS) is 10.8. The summed E-state index contributed by atoms with van der Waals surface area (Å²) in [7, 11) is 0. The fraction of sp³-hybridized carbons (Fsp3) is 0.125. The van der Waals surface area contributed by atoms with Crippen LogP contribution in [0.4, 0.5) is 5.69 Å². The molecule has 1 heterocycles. The summed E-state index contributed by atoms with van der Waals surface area (Å²) in [6.07, 6.45) is 0. The summed E-state index contributed by atoms with van der Waals surface area (Å²) >= 11 is 5.09. The molecule has 12 heavy (non-hydrogen) atoms. The zero-order valence-electron chi connectivity index (χ0n) is 6.47. The standard InChI is InChI=1S/C8H7BrN2S/c1-4-11-6-3-2-5(10)7(9)8(6)12-4/h2-3H,10H2,1H3. The van der Waals surface area contributed by atoms with Crippen LogP contribution in [0.15, 0.2) is 16.6 Å². The van der Waals surface area contributed by atoms with E-state index < -0.39 is 0 Å². The van der Waals surface area contributed by atoms with Gasteiger partial charge in [0.25, 0.3) is 0 Å². The molecule has 0 aliphatic heterocycles. The van der Waals surface area contributed by atoms with Crippen LogP contribution >= 0.6 is 27.3 Å². The second kappa shape index (κ2) is 2.71. The van der Waals surface area contributed by atoms with Gasteiger partial charge in [-0.05, 0) is 35.0 Å². The highest BCUT2D eigenvalue weighted by Crippen LogP contribution is 2.33. The third-order valence-corrected chi connectivity index (χ3v) is 3.75. The molecular weight excluding hydrogens is 236 g/mol. The van der Waals surface area contributed by atoms with E-state index in [2.05, 4.69) is 20.9 Å². The van der Waals surface area contributed by atoms with Gasteiger partial charge < -0.3 is 5.73 Å². The number of benzene rings is 1. The topological polar surface area (TPSA) is 38.9 Å². The number of fused-ring (bicyclic) bond motifs is 1. The van der Waals surface area contributed by atoms with Crippen molar-refractivity contribution >= 4 is 43.2 Å². The van der Waals surface area contributed by atoms with Gasteiger partial charge in [-0.15, -0.1) is 11.3 Å². The maximum absolute atomic E-state index is 5.73. The van der Waals surface area contributed by atoms with Crippen LogP contribution < -0.4 is 5.73 Å². The van der Waals surface area contributed by atoms with Gasteiger partial charge in [0.1, 0.15) is 0 Å². The van der Waals surface area contributed by atoms with Crippen molar-refractivity contribution in [2.75, 3.05) is 5.73 Å². The monoisotopic (exact) mass is 242 g/mol. The lowest BCUT2D eigenvalue weighted by Crippen LogP contribution is -1.84. The number of nitrogen functional groups attached to an aromatic ring is 1. The Labute approximate surface area is 82.5 Å². The number of hydrogen-bond acceptors (Lipinski definition) is 3. The smallest absolute Gasteiger partial charge is 0.0908 e. The maximum Gasteiger partial charge on any atom is 0.0908 e. The third kappa shape index (κ3) is 1.11. The first-order valence-electron chi connectivity index (χ1n) is 3.49. The highest BCUT2D eigenvalue weighted by molar-refractivity contribution is 9.10. The summed E-state index contributed by atoms with van der Waals surface area (Å²) in [5.74, 6) is 0. The first-order valence-corrected chi connectivity index (χ1v) is 5.10. The number of aromatic nitrogens is 1. The molecule has 0 aliphatic rings. The molecule has 0 unspecified atom stereocenters. The minimum Gasteiger partial charge on any atom is -0.398 e. The van der Waals surface area contributed by atoms with Crippen molar-refractivity contribution in [1.82, 2.24) is 4.98 Å². The van der Waals surface area contributed by atoms with Gasteiger partial charge in [0.15, 0.2) is 0 Å². The number of aryl methyl sites for hydroxylation is 1. The highest BCUT2D eigenvalue weighted by Gasteiger charge is 2.05. The maximum atomic E-state index is 5.73. The van der Waals surface area contributed by atoms with Gasteiger partial charge in [-0.25, -0.2) is 4.98 Å². The van der Waals surface area contributed by atoms with Gasteiger partial charge in [-0.2, -0.15) is 0 Å². The quantitative estimate of drug-likeness (QED) is 0.722. The van der Waals surface area contributed by atoms with Crippen LogP contribution in [0.2, 0.25) is 0 Å². The van der Waals surface area contributed by atoms with Crippen LogP contribution in [0.5, 0.6) is 0 Å². The van der Waals surface area contributed by atoms with Gasteiger partial charge in [0, 0.05) is 5.69 Å². The Morgan fingerprint density at radius 1 is 1.50 bits per heavy atom. The number of thiazole rings is 1. The van der Waals surface area contributed by atoms with Crippen molar-refractivity contribution in [2.24, 2.45) is 0 Å². The third-order valence-electron chi connectivity index (χ3n) is 1.63. The molecule has 0 saturated heterocycles. The first kappa shape index (κ1) is 8.01. The van der Waals surface area contributed by atoms with E-state index in [0.29, 0.717) is 0 Å². The number of hydrogen-bond donors (Lipinski definition) is 1. The Morgan fingerprint density at radius 3 is 3.00 bits per heavy atom. The summed E-state index contributed by atoms with van der Waals surface area (Å²) in [5, 5.41) is 1.07. The van der Waals surface area contributed by atoms with Crippen LogP contribution in [0, 0.1) is 6.92 Å². The zero-order valence-corrected chi connectivity index (χ0v) is 8.87. The molecule has 0 bridgehead atoms. The molecule has 2 nitrogen and oxygen atoms in total. The molecule has 0 amide bonds. The minimum atomic E-state index is 0.770. The van der Waals surface area contributed by atoms with E-state index >= 15 is 0 Å². The van der Waals surface area contributed by atoms with Crippen molar-refractivity contribution in [3.8, 4) is 0 Å². The number of halogens is 1. The SMILES string of the molecule is Cc1nc2ccc(N)c(Br)c2s1. The molecule has 1 aromatic carbocycles. The molecule has 2 rings (SSSR count). The summed E-state index contributed by atoms with van der Waals surface area (Å²) in [6.45, 7) is 1.99. The van der Waals surface area contributed by atoms with E-state index in [1.165, 1.54) is 0 Å². The second-order valence-electron chi connectivity index (χ2n) is 2.55. The van der Waals surface area contributed by atoms with Crippen molar-refractivity contribution < 1.29 is 0 Å². The predicted octanol–water partition coefficient (Wildman–Crippen LogP) is 2.95. The van der Waals surface area contributed by atoms with E-state index in [1.807, 2.05) is 19.1 Å². The Balaban J connectivity index is 2.89. The summed E-state index contributed by atoms with van der Waals surface area (Å²) in [5.41, 5.74) is 7.51. The largest absolute Gasteiger partial charge is 0.398 e. The molecule has 0 radical (unpaired) electrons. The molecular formula is C8H7BrN2S. The van der Waals surface area contributed by atoms with Crippen LogP contribution in [-0.2, 0) is 0 Å². The van der Waals surface area contributed by atoms with Crippen LogP contribution in [-0.4, -0.2) is 4.98 Å². The highest BCUT2D eigenvalue weighted by atomic mass is 79.9. The van der Waals surface area contributed by atoms with Gasteiger partial charge in [-0.1, -0.05) is 0 Å². The Bertz CT molecular complexity index is 436. The zero-order chi connectivity index (χ0) is 8.72. The average molecular weight is 243 g/mol. The Kier molecular flexibility index (Phi) is 1.81. The van der Waals surface area contributed by atoms with Crippen LogP contribution in [0.3, 0.4) is 0 Å². The summed E-state index contributed by atoms with van der Waals surface area (Å²) in [4.78, 5) is 4.35. The van der Waals surface area contributed by atoms with Gasteiger partial charge in [-0.3, -0.25) is 0 Å². The molecule has 0 aliphatic carbocycles. The van der Waals surface area contributed by atoms with E-state index in [0.717, 1.165) is 25.4 Å². The average Bonchev–Trinajstić information content (AvgIpc) is 2.39. The van der Waals surface area contributed by atoms with Crippen molar-refractivity contribution in [2.45, 2.75) is 6.92 Å². The molecule has 1 aromatic heterocycles. The van der Waals surface area contributed by atoms with Gasteiger partial charge >= 0.3 is 0 Å². The Morgan fingerprint density at radius 2 is 2.25 bits per heavy atom. The van der Waals surface area contributed by atoms with Crippen LogP contribution in [0.1, 0.15) is 5.01 Å². The molecule has 4 heteroatoms. The first-order chi connectivity index (χ1) is 5.68. The fourth-order valence-corrected chi connectivity index (χ4v) is 2.53. The van der Waals surface area contributed by atoms with Crippen LogP contribution in [0.25, 0.3) is 10.2 Å². The lowest BCUT2D eigenvalue weighted by Gasteiger charge is -1.96. The molecule has 2 aromatic rings. The minimum absolute atomic E-state index is 0.770. The van der Waals surface area contributed by atoms with Crippen molar-refractivity contribution in [1.29, 1.82) is 0 Å². The van der Waals surface area contributed by atoms with Gasteiger partial charge in [0.05, 0.1) is 19.7 Å². The Hall–Kier alpha value is -0.610. The predicted molar refractivity (Wildman–Crippen MR) is 56.5 cm³/mol. The molecule has 0 saturated carbocycles. The molecule has 0 spiro atoms.